The Morgan fingerprint density at radius 2 is 1.89 bits per heavy atom. The highest BCUT2D eigenvalue weighted by molar-refractivity contribution is 9.10. The lowest BCUT2D eigenvalue weighted by molar-refractivity contribution is -0.125. The van der Waals surface area contributed by atoms with Crippen LogP contribution in [0.3, 0.4) is 0 Å². The molecule has 1 heterocycles. The molecule has 1 spiro atoms. The van der Waals surface area contributed by atoms with Crippen LogP contribution in [-0.4, -0.2) is 11.8 Å². The Morgan fingerprint density at radius 3 is 2.58 bits per heavy atom. The lowest BCUT2D eigenvalue weighted by atomic mass is 9.84. The van der Waals surface area contributed by atoms with E-state index in [1.54, 1.807) is 0 Å². The van der Waals surface area contributed by atoms with Crippen molar-refractivity contribution in [1.82, 2.24) is 0 Å². The molecule has 19 heavy (non-hydrogen) atoms. The van der Waals surface area contributed by atoms with Crippen molar-refractivity contribution in [3.63, 3.8) is 0 Å². The van der Waals surface area contributed by atoms with E-state index in [1.807, 2.05) is 25.1 Å². The molecular weight excluding hydrogens is 306 g/mol. The van der Waals surface area contributed by atoms with Crippen LogP contribution in [0.4, 0.5) is 5.69 Å². The Balaban J connectivity index is 2.03. The molecule has 0 atom stereocenters. The third kappa shape index (κ3) is 1.93. The monoisotopic (exact) mass is 321 g/mol. The molecule has 1 saturated heterocycles. The van der Waals surface area contributed by atoms with Crippen molar-refractivity contribution in [2.24, 2.45) is 5.41 Å². The first-order valence-corrected chi connectivity index (χ1v) is 7.46. The smallest absolute Gasteiger partial charge is 0.240 e. The van der Waals surface area contributed by atoms with Crippen LogP contribution in [0.5, 0.6) is 0 Å². The molecule has 2 aliphatic rings. The van der Waals surface area contributed by atoms with Gasteiger partial charge >= 0.3 is 0 Å². The molecule has 0 unspecified atom stereocenters. The van der Waals surface area contributed by atoms with Crippen molar-refractivity contribution in [2.45, 2.75) is 39.0 Å². The van der Waals surface area contributed by atoms with Crippen LogP contribution >= 0.6 is 15.9 Å². The molecular formula is C15H16BrNO2. The highest BCUT2D eigenvalue weighted by Crippen LogP contribution is 2.48. The van der Waals surface area contributed by atoms with E-state index in [0.29, 0.717) is 12.1 Å². The SMILES string of the molecule is Cc1ccc(Br)c(N2C(=O)CC3(CCCC3)C2=O)c1. The van der Waals surface area contributed by atoms with E-state index in [9.17, 15) is 9.59 Å². The number of anilines is 1. The number of benzene rings is 1. The van der Waals surface area contributed by atoms with Gasteiger partial charge < -0.3 is 0 Å². The van der Waals surface area contributed by atoms with Gasteiger partial charge in [0.2, 0.25) is 11.8 Å². The van der Waals surface area contributed by atoms with Gasteiger partial charge in [0.15, 0.2) is 0 Å². The Labute approximate surface area is 121 Å². The van der Waals surface area contributed by atoms with Crippen molar-refractivity contribution in [3.05, 3.63) is 28.2 Å². The van der Waals surface area contributed by atoms with Crippen molar-refractivity contribution >= 4 is 33.4 Å². The lowest BCUT2D eigenvalue weighted by Gasteiger charge is -2.22. The van der Waals surface area contributed by atoms with Gasteiger partial charge in [-0.1, -0.05) is 18.9 Å². The van der Waals surface area contributed by atoms with Crippen LogP contribution in [0.15, 0.2) is 22.7 Å². The van der Waals surface area contributed by atoms with E-state index in [2.05, 4.69) is 15.9 Å². The van der Waals surface area contributed by atoms with E-state index in [4.69, 9.17) is 0 Å². The number of rotatable bonds is 1. The van der Waals surface area contributed by atoms with Gasteiger partial charge in [-0.05, 0) is 53.4 Å². The average molecular weight is 322 g/mol. The summed E-state index contributed by atoms with van der Waals surface area (Å²) in [6, 6.07) is 5.75. The summed E-state index contributed by atoms with van der Waals surface area (Å²) in [6.07, 6.45) is 4.21. The number of hydrogen-bond acceptors (Lipinski definition) is 2. The lowest BCUT2D eigenvalue weighted by Crippen LogP contribution is -2.34. The second-order valence-corrected chi connectivity index (χ2v) is 6.51. The van der Waals surface area contributed by atoms with E-state index >= 15 is 0 Å². The normalized spacial score (nSPS) is 21.7. The second kappa shape index (κ2) is 4.44. The number of carbonyl (C=O) groups is 2. The maximum Gasteiger partial charge on any atom is 0.240 e. The highest BCUT2D eigenvalue weighted by atomic mass is 79.9. The van der Waals surface area contributed by atoms with Crippen molar-refractivity contribution in [3.8, 4) is 0 Å². The third-order valence-corrected chi connectivity index (χ3v) is 4.97. The molecule has 2 amide bonds. The van der Waals surface area contributed by atoms with Gasteiger partial charge in [0.05, 0.1) is 11.1 Å². The molecule has 2 fully saturated rings. The molecule has 3 nitrogen and oxygen atoms in total. The third-order valence-electron chi connectivity index (χ3n) is 4.30. The fourth-order valence-electron chi connectivity index (χ4n) is 3.27. The van der Waals surface area contributed by atoms with E-state index in [0.717, 1.165) is 35.7 Å². The number of carbonyl (C=O) groups excluding carboxylic acids is 2. The minimum Gasteiger partial charge on any atom is -0.274 e. The van der Waals surface area contributed by atoms with E-state index in [1.165, 1.54) is 4.90 Å². The molecule has 3 rings (SSSR count). The number of nitrogens with zero attached hydrogens (tertiary/aromatic N) is 1. The molecule has 1 aromatic carbocycles. The molecule has 0 aromatic heterocycles. The van der Waals surface area contributed by atoms with Crippen molar-refractivity contribution in [2.75, 3.05) is 4.90 Å². The van der Waals surface area contributed by atoms with Gasteiger partial charge in [-0.25, -0.2) is 4.90 Å². The Kier molecular flexibility index (Phi) is 3.01. The maximum absolute atomic E-state index is 12.7. The van der Waals surface area contributed by atoms with Crippen LogP contribution in [0, 0.1) is 12.3 Å². The Hall–Kier alpha value is -1.16. The topological polar surface area (TPSA) is 37.4 Å². The highest BCUT2D eigenvalue weighted by Gasteiger charge is 2.53. The summed E-state index contributed by atoms with van der Waals surface area (Å²) in [5.74, 6) is -0.0560. The molecule has 0 bridgehead atoms. The van der Waals surface area contributed by atoms with Gasteiger partial charge in [0, 0.05) is 10.9 Å². The van der Waals surface area contributed by atoms with Gasteiger partial charge in [0.1, 0.15) is 0 Å². The Morgan fingerprint density at radius 1 is 1.21 bits per heavy atom. The van der Waals surface area contributed by atoms with E-state index < -0.39 is 5.41 Å². The number of hydrogen-bond donors (Lipinski definition) is 0. The zero-order valence-corrected chi connectivity index (χ0v) is 12.5. The summed E-state index contributed by atoms with van der Waals surface area (Å²) in [6.45, 7) is 1.96. The van der Waals surface area contributed by atoms with Crippen molar-refractivity contribution < 1.29 is 9.59 Å². The number of amides is 2. The van der Waals surface area contributed by atoms with Crippen LogP contribution in [0.2, 0.25) is 0 Å². The fraction of sp³-hybridized carbons (Fsp3) is 0.467. The minimum atomic E-state index is -0.403. The summed E-state index contributed by atoms with van der Waals surface area (Å²) in [4.78, 5) is 26.4. The molecule has 0 N–H and O–H groups in total. The van der Waals surface area contributed by atoms with Gasteiger partial charge in [-0.15, -0.1) is 0 Å². The predicted octanol–water partition coefficient (Wildman–Crippen LogP) is 3.58. The first kappa shape index (κ1) is 12.9. The van der Waals surface area contributed by atoms with Gasteiger partial charge in [0.25, 0.3) is 0 Å². The van der Waals surface area contributed by atoms with Crippen LogP contribution in [-0.2, 0) is 9.59 Å². The quantitative estimate of drug-likeness (QED) is 0.741. The first-order valence-electron chi connectivity index (χ1n) is 6.67. The molecule has 0 radical (unpaired) electrons. The second-order valence-electron chi connectivity index (χ2n) is 5.65. The van der Waals surface area contributed by atoms with Crippen LogP contribution in [0.1, 0.15) is 37.7 Å². The summed E-state index contributed by atoms with van der Waals surface area (Å²) >= 11 is 3.45. The molecule has 100 valence electrons. The zero-order chi connectivity index (χ0) is 13.6. The number of aryl methyl sites for hydroxylation is 1. The van der Waals surface area contributed by atoms with Crippen LogP contribution in [0.25, 0.3) is 0 Å². The molecule has 1 aromatic rings. The summed E-state index contributed by atoms with van der Waals surface area (Å²) in [7, 11) is 0. The standard InChI is InChI=1S/C15H16BrNO2/c1-10-4-5-11(16)12(8-10)17-13(18)9-15(14(17)19)6-2-3-7-15/h4-5,8H,2-3,6-7,9H2,1H3. The zero-order valence-electron chi connectivity index (χ0n) is 10.9. The molecule has 1 saturated carbocycles. The average Bonchev–Trinajstić information content (AvgIpc) is 2.91. The Bertz CT molecular complexity index is 561. The summed E-state index contributed by atoms with van der Waals surface area (Å²) in [5.41, 5.74) is 1.34. The maximum atomic E-state index is 12.7. The van der Waals surface area contributed by atoms with Crippen LogP contribution < -0.4 is 4.90 Å². The predicted molar refractivity (Wildman–Crippen MR) is 76.9 cm³/mol. The van der Waals surface area contributed by atoms with Gasteiger partial charge in [-0.2, -0.15) is 0 Å². The molecule has 1 aliphatic carbocycles. The minimum absolute atomic E-state index is 0.00120. The van der Waals surface area contributed by atoms with Crippen molar-refractivity contribution in [1.29, 1.82) is 0 Å². The number of halogens is 1. The largest absolute Gasteiger partial charge is 0.274 e. The molecule has 1 aliphatic heterocycles. The molecule has 4 heteroatoms. The van der Waals surface area contributed by atoms with E-state index in [-0.39, 0.29) is 11.8 Å². The fourth-order valence-corrected chi connectivity index (χ4v) is 3.70. The summed E-state index contributed by atoms with van der Waals surface area (Å²) < 4.78 is 0.801. The summed E-state index contributed by atoms with van der Waals surface area (Å²) in [5, 5.41) is 0. The number of imide groups is 1. The first-order chi connectivity index (χ1) is 9.03. The van der Waals surface area contributed by atoms with Gasteiger partial charge in [-0.3, -0.25) is 9.59 Å².